The number of nitrogens with zero attached hydrogens (tertiary/aromatic N) is 1. The highest BCUT2D eigenvalue weighted by atomic mass is 16.2. The predicted octanol–water partition coefficient (Wildman–Crippen LogP) is -0.0288. The molecule has 5 N–H and O–H groups in total. The minimum Gasteiger partial charge on any atom is -0.329 e. The van der Waals surface area contributed by atoms with Crippen molar-refractivity contribution in [3.8, 4) is 0 Å². The summed E-state index contributed by atoms with van der Waals surface area (Å²) in [6, 6.07) is 6.24. The minimum atomic E-state index is 0.00128. The first-order valence-corrected chi connectivity index (χ1v) is 6.66. The first kappa shape index (κ1) is 14.0. The van der Waals surface area contributed by atoms with Gasteiger partial charge in [-0.2, -0.15) is 0 Å². The molecule has 104 valence electrons. The second kappa shape index (κ2) is 6.14. The fourth-order valence-corrected chi connectivity index (χ4v) is 2.31. The lowest BCUT2D eigenvalue weighted by Gasteiger charge is -2.26. The Morgan fingerprint density at radius 3 is 2.95 bits per heavy atom. The van der Waals surface area contributed by atoms with Gasteiger partial charge in [0.05, 0.1) is 0 Å². The Morgan fingerprint density at radius 1 is 1.42 bits per heavy atom. The van der Waals surface area contributed by atoms with Gasteiger partial charge in [0.15, 0.2) is 0 Å². The molecule has 1 atom stereocenters. The van der Waals surface area contributed by atoms with Crippen LogP contribution in [0.2, 0.25) is 0 Å². The number of anilines is 1. The summed E-state index contributed by atoms with van der Waals surface area (Å²) >= 11 is 0. The molecular formula is C14H22N4O. The van der Waals surface area contributed by atoms with Crippen LogP contribution in [0.15, 0.2) is 18.2 Å². The molecule has 0 radical (unpaired) electrons. The third kappa shape index (κ3) is 3.32. The van der Waals surface area contributed by atoms with Crippen molar-refractivity contribution in [1.29, 1.82) is 0 Å². The maximum absolute atomic E-state index is 11.6. The molecule has 2 rings (SSSR count). The van der Waals surface area contributed by atoms with E-state index in [-0.39, 0.29) is 11.9 Å². The largest absolute Gasteiger partial charge is 0.329 e. The molecule has 1 aromatic carbocycles. The van der Waals surface area contributed by atoms with E-state index in [1.807, 2.05) is 13.1 Å². The van der Waals surface area contributed by atoms with Gasteiger partial charge >= 0.3 is 0 Å². The van der Waals surface area contributed by atoms with Gasteiger partial charge in [-0.3, -0.25) is 4.79 Å². The number of hydrogen-bond acceptors (Lipinski definition) is 4. The van der Waals surface area contributed by atoms with Gasteiger partial charge in [0.25, 0.3) is 0 Å². The number of amides is 1. The molecule has 0 saturated carbocycles. The van der Waals surface area contributed by atoms with E-state index in [1.54, 1.807) is 4.90 Å². The maximum Gasteiger partial charge on any atom is 0.227 e. The fraction of sp³-hybridized carbons (Fsp3) is 0.500. The Morgan fingerprint density at radius 2 is 2.21 bits per heavy atom. The average Bonchev–Trinajstić information content (AvgIpc) is 2.43. The number of nitrogens with two attached hydrogens (primary N) is 2. The second-order valence-corrected chi connectivity index (χ2v) is 5.04. The van der Waals surface area contributed by atoms with Crippen LogP contribution in [-0.4, -0.2) is 32.1 Å². The summed E-state index contributed by atoms with van der Waals surface area (Å²) in [5.74, 6) is 0.187. The van der Waals surface area contributed by atoms with E-state index in [0.717, 1.165) is 18.7 Å². The average molecular weight is 262 g/mol. The molecule has 0 aromatic heterocycles. The van der Waals surface area contributed by atoms with Crippen molar-refractivity contribution in [3.63, 3.8) is 0 Å². The third-order valence-electron chi connectivity index (χ3n) is 3.53. The quantitative estimate of drug-likeness (QED) is 0.696. The van der Waals surface area contributed by atoms with Gasteiger partial charge in [0, 0.05) is 44.8 Å². The molecule has 0 bridgehead atoms. The predicted molar refractivity (Wildman–Crippen MR) is 76.9 cm³/mol. The van der Waals surface area contributed by atoms with Gasteiger partial charge in [-0.05, 0) is 23.6 Å². The van der Waals surface area contributed by atoms with E-state index in [2.05, 4.69) is 17.4 Å². The molecule has 5 nitrogen and oxygen atoms in total. The van der Waals surface area contributed by atoms with Crippen molar-refractivity contribution in [3.05, 3.63) is 29.3 Å². The molecule has 1 aromatic rings. The highest BCUT2D eigenvalue weighted by Gasteiger charge is 2.20. The van der Waals surface area contributed by atoms with E-state index >= 15 is 0 Å². The molecule has 1 unspecified atom stereocenters. The summed E-state index contributed by atoms with van der Waals surface area (Å²) in [4.78, 5) is 13.3. The van der Waals surface area contributed by atoms with Crippen LogP contribution in [0.1, 0.15) is 17.5 Å². The molecule has 1 heterocycles. The van der Waals surface area contributed by atoms with Crippen molar-refractivity contribution in [2.24, 2.45) is 11.5 Å². The molecule has 1 aliphatic rings. The third-order valence-corrected chi connectivity index (χ3v) is 3.53. The number of hydrogen-bond donors (Lipinski definition) is 3. The van der Waals surface area contributed by atoms with E-state index in [9.17, 15) is 4.79 Å². The molecule has 5 heteroatoms. The molecule has 19 heavy (non-hydrogen) atoms. The summed E-state index contributed by atoms with van der Waals surface area (Å²) in [7, 11) is 1.83. The summed E-state index contributed by atoms with van der Waals surface area (Å²) in [5.41, 5.74) is 14.7. The lowest BCUT2D eigenvalue weighted by atomic mass is 9.99. The Kier molecular flexibility index (Phi) is 4.52. The molecule has 1 aliphatic heterocycles. The number of nitrogens with one attached hydrogen (secondary N) is 1. The van der Waals surface area contributed by atoms with Crippen LogP contribution in [0.5, 0.6) is 0 Å². The monoisotopic (exact) mass is 262 g/mol. The number of fused-ring (bicyclic) bond motifs is 1. The molecule has 1 amide bonds. The van der Waals surface area contributed by atoms with Gasteiger partial charge in [-0.15, -0.1) is 0 Å². The van der Waals surface area contributed by atoms with Gasteiger partial charge < -0.3 is 21.7 Å². The summed E-state index contributed by atoms with van der Waals surface area (Å²) < 4.78 is 0. The normalized spacial score (nSPS) is 16.4. The first-order chi connectivity index (χ1) is 9.11. The van der Waals surface area contributed by atoms with Gasteiger partial charge in [-0.25, -0.2) is 0 Å². The standard InChI is InChI=1S/C14H22N4O/c1-18-13-4-2-10(8-17-9-12(16)7-15)6-11(13)3-5-14(18)19/h2,4,6,12,17H,3,5,7-9,15-16H2,1H3. The number of carbonyl (C=O) groups excluding carboxylic acids is 1. The number of benzene rings is 1. The zero-order valence-corrected chi connectivity index (χ0v) is 11.4. The Balaban J connectivity index is 1.99. The van der Waals surface area contributed by atoms with Crippen molar-refractivity contribution >= 4 is 11.6 Å². The second-order valence-electron chi connectivity index (χ2n) is 5.04. The zero-order chi connectivity index (χ0) is 13.8. The van der Waals surface area contributed by atoms with Crippen molar-refractivity contribution in [1.82, 2.24) is 5.32 Å². The summed E-state index contributed by atoms with van der Waals surface area (Å²) in [6.07, 6.45) is 1.42. The Labute approximate surface area is 113 Å². The van der Waals surface area contributed by atoms with Crippen LogP contribution in [0.4, 0.5) is 5.69 Å². The highest BCUT2D eigenvalue weighted by molar-refractivity contribution is 5.95. The van der Waals surface area contributed by atoms with Crippen LogP contribution in [0.3, 0.4) is 0 Å². The van der Waals surface area contributed by atoms with Crippen LogP contribution in [-0.2, 0) is 17.8 Å². The molecule has 0 fully saturated rings. The smallest absolute Gasteiger partial charge is 0.227 e. The van der Waals surface area contributed by atoms with Gasteiger partial charge in [0.2, 0.25) is 5.91 Å². The zero-order valence-electron chi connectivity index (χ0n) is 11.4. The van der Waals surface area contributed by atoms with E-state index in [1.165, 1.54) is 11.1 Å². The van der Waals surface area contributed by atoms with Crippen molar-refractivity contribution in [2.75, 3.05) is 25.0 Å². The topological polar surface area (TPSA) is 84.4 Å². The molecule has 0 aliphatic carbocycles. The van der Waals surface area contributed by atoms with Crippen LogP contribution in [0, 0.1) is 0 Å². The van der Waals surface area contributed by atoms with Crippen LogP contribution < -0.4 is 21.7 Å². The SMILES string of the molecule is CN1C(=O)CCc2cc(CNCC(N)CN)ccc21. The number of carbonyl (C=O) groups is 1. The van der Waals surface area contributed by atoms with Crippen LogP contribution in [0.25, 0.3) is 0 Å². The van der Waals surface area contributed by atoms with Gasteiger partial charge in [-0.1, -0.05) is 12.1 Å². The van der Waals surface area contributed by atoms with E-state index in [0.29, 0.717) is 19.5 Å². The fourth-order valence-electron chi connectivity index (χ4n) is 2.31. The van der Waals surface area contributed by atoms with Crippen LogP contribution >= 0.6 is 0 Å². The van der Waals surface area contributed by atoms with E-state index < -0.39 is 0 Å². The van der Waals surface area contributed by atoms with Crippen molar-refractivity contribution < 1.29 is 4.79 Å². The van der Waals surface area contributed by atoms with E-state index in [4.69, 9.17) is 11.5 Å². The van der Waals surface area contributed by atoms with Crippen molar-refractivity contribution in [2.45, 2.75) is 25.4 Å². The maximum atomic E-state index is 11.6. The molecule has 0 spiro atoms. The lowest BCUT2D eigenvalue weighted by molar-refractivity contribution is -0.118. The Hall–Kier alpha value is -1.43. The number of rotatable bonds is 5. The molecule has 0 saturated heterocycles. The van der Waals surface area contributed by atoms with Gasteiger partial charge in [0.1, 0.15) is 0 Å². The minimum absolute atomic E-state index is 0.00128. The Bertz CT molecular complexity index is 461. The highest BCUT2D eigenvalue weighted by Crippen LogP contribution is 2.27. The summed E-state index contributed by atoms with van der Waals surface area (Å²) in [5, 5.41) is 3.29. The number of aryl methyl sites for hydroxylation is 1. The molecular weight excluding hydrogens is 240 g/mol. The summed E-state index contributed by atoms with van der Waals surface area (Å²) in [6.45, 7) is 1.98. The lowest BCUT2D eigenvalue weighted by Crippen LogP contribution is -2.39. The first-order valence-electron chi connectivity index (χ1n) is 6.66.